The second-order valence-corrected chi connectivity index (χ2v) is 7.35. The molecule has 1 unspecified atom stereocenters. The molecule has 1 aromatic heterocycles. The maximum absolute atomic E-state index is 6.12. The Morgan fingerprint density at radius 1 is 1.24 bits per heavy atom. The van der Waals surface area contributed by atoms with Crippen molar-refractivity contribution in [2.75, 3.05) is 6.54 Å². The van der Waals surface area contributed by atoms with E-state index in [0.717, 1.165) is 18.0 Å². The second kappa shape index (κ2) is 6.95. The Bertz CT molecular complexity index is 582. The van der Waals surface area contributed by atoms with E-state index in [0.29, 0.717) is 6.04 Å². The Hall–Kier alpha value is -0.830. The Kier molecular flexibility index (Phi) is 4.99. The Balaban J connectivity index is 1.82. The molecule has 1 nitrogen and oxygen atoms in total. The molecular formula is C18H22ClNS. The van der Waals surface area contributed by atoms with Crippen LogP contribution < -0.4 is 5.32 Å². The highest BCUT2D eigenvalue weighted by Crippen LogP contribution is 2.34. The number of likely N-dealkylation sites (N-methyl/N-ethyl adjacent to an activating group) is 1. The molecule has 2 aromatic rings. The van der Waals surface area contributed by atoms with Gasteiger partial charge in [0.05, 0.1) is 0 Å². The number of thiophene rings is 1. The normalized spacial score (nSPS) is 15.7. The number of aryl methyl sites for hydroxylation is 2. The minimum Gasteiger partial charge on any atom is -0.309 e. The molecule has 1 atom stereocenters. The van der Waals surface area contributed by atoms with Crippen molar-refractivity contribution in [1.29, 1.82) is 0 Å². The highest BCUT2D eigenvalue weighted by Gasteiger charge is 2.19. The quantitative estimate of drug-likeness (QED) is 0.801. The smallest absolute Gasteiger partial charge is 0.0455 e. The fraction of sp³-hybridized carbons (Fsp3) is 0.444. The molecule has 1 aliphatic carbocycles. The summed E-state index contributed by atoms with van der Waals surface area (Å²) >= 11 is 8.13. The second-order valence-electron chi connectivity index (χ2n) is 5.75. The molecule has 3 rings (SSSR count). The molecule has 0 saturated carbocycles. The van der Waals surface area contributed by atoms with Gasteiger partial charge < -0.3 is 5.32 Å². The topological polar surface area (TPSA) is 12.0 Å². The molecule has 0 fully saturated rings. The summed E-state index contributed by atoms with van der Waals surface area (Å²) in [6, 6.07) is 11.1. The van der Waals surface area contributed by atoms with Gasteiger partial charge in [0.2, 0.25) is 0 Å². The molecule has 0 saturated heterocycles. The Morgan fingerprint density at radius 3 is 2.86 bits per heavy atom. The van der Waals surface area contributed by atoms with Gasteiger partial charge in [0.25, 0.3) is 0 Å². The number of fused-ring (bicyclic) bond motifs is 1. The first-order valence-electron chi connectivity index (χ1n) is 7.85. The van der Waals surface area contributed by atoms with Gasteiger partial charge in [-0.25, -0.2) is 0 Å². The lowest BCUT2D eigenvalue weighted by Crippen LogP contribution is -2.22. The summed E-state index contributed by atoms with van der Waals surface area (Å²) in [7, 11) is 0. The largest absolute Gasteiger partial charge is 0.309 e. The van der Waals surface area contributed by atoms with Crippen molar-refractivity contribution < 1.29 is 0 Å². The van der Waals surface area contributed by atoms with Crippen LogP contribution in [0.1, 0.15) is 46.7 Å². The fourth-order valence-corrected chi connectivity index (χ4v) is 4.65. The van der Waals surface area contributed by atoms with Gasteiger partial charge >= 0.3 is 0 Å². The summed E-state index contributed by atoms with van der Waals surface area (Å²) in [5.74, 6) is 0. The van der Waals surface area contributed by atoms with E-state index in [-0.39, 0.29) is 0 Å². The molecule has 1 heterocycles. The Morgan fingerprint density at radius 2 is 2.10 bits per heavy atom. The molecule has 112 valence electrons. The van der Waals surface area contributed by atoms with Crippen LogP contribution in [0.3, 0.4) is 0 Å². The van der Waals surface area contributed by atoms with Crippen molar-refractivity contribution in [3.05, 3.63) is 56.2 Å². The van der Waals surface area contributed by atoms with E-state index in [1.165, 1.54) is 36.1 Å². The van der Waals surface area contributed by atoms with E-state index in [1.807, 2.05) is 23.5 Å². The molecular weight excluding hydrogens is 298 g/mol. The predicted molar refractivity (Wildman–Crippen MR) is 92.5 cm³/mol. The highest BCUT2D eigenvalue weighted by molar-refractivity contribution is 7.12. The monoisotopic (exact) mass is 319 g/mol. The van der Waals surface area contributed by atoms with Crippen LogP contribution in [-0.2, 0) is 19.3 Å². The molecule has 0 radical (unpaired) electrons. The van der Waals surface area contributed by atoms with Gasteiger partial charge in [-0.2, -0.15) is 0 Å². The van der Waals surface area contributed by atoms with Crippen molar-refractivity contribution in [1.82, 2.24) is 5.32 Å². The number of rotatable bonds is 5. The van der Waals surface area contributed by atoms with Crippen molar-refractivity contribution in [3.63, 3.8) is 0 Å². The van der Waals surface area contributed by atoms with E-state index in [2.05, 4.69) is 30.4 Å². The summed E-state index contributed by atoms with van der Waals surface area (Å²) < 4.78 is 0. The first-order valence-corrected chi connectivity index (χ1v) is 9.05. The van der Waals surface area contributed by atoms with Crippen molar-refractivity contribution in [3.8, 4) is 0 Å². The molecule has 0 amide bonds. The first-order chi connectivity index (χ1) is 10.3. The van der Waals surface area contributed by atoms with Gasteiger partial charge in [-0.3, -0.25) is 0 Å². The molecule has 1 N–H and O–H groups in total. The molecule has 0 spiro atoms. The van der Waals surface area contributed by atoms with Crippen LogP contribution in [0.15, 0.2) is 30.3 Å². The zero-order valence-corrected chi connectivity index (χ0v) is 14.1. The van der Waals surface area contributed by atoms with Crippen LogP contribution in [-0.4, -0.2) is 6.54 Å². The summed E-state index contributed by atoms with van der Waals surface area (Å²) in [5, 5.41) is 4.47. The summed E-state index contributed by atoms with van der Waals surface area (Å²) in [6.07, 6.45) is 6.25. The van der Waals surface area contributed by atoms with E-state index in [1.54, 1.807) is 10.4 Å². The molecule has 0 bridgehead atoms. The summed E-state index contributed by atoms with van der Waals surface area (Å²) in [6.45, 7) is 3.17. The maximum Gasteiger partial charge on any atom is 0.0455 e. The third-order valence-corrected chi connectivity index (χ3v) is 5.72. The van der Waals surface area contributed by atoms with Crippen molar-refractivity contribution >= 4 is 22.9 Å². The fourth-order valence-electron chi connectivity index (χ4n) is 3.10. The predicted octanol–water partition coefficient (Wildman–Crippen LogP) is 5.17. The summed E-state index contributed by atoms with van der Waals surface area (Å²) in [4.78, 5) is 3.11. The third-order valence-electron chi connectivity index (χ3n) is 4.14. The van der Waals surface area contributed by atoms with Crippen LogP contribution in [0.25, 0.3) is 0 Å². The summed E-state index contributed by atoms with van der Waals surface area (Å²) in [5.41, 5.74) is 2.90. The number of hydrogen-bond donors (Lipinski definition) is 1. The zero-order valence-electron chi connectivity index (χ0n) is 12.5. The van der Waals surface area contributed by atoms with Crippen LogP contribution in [0.2, 0.25) is 5.02 Å². The Labute approximate surface area is 136 Å². The van der Waals surface area contributed by atoms with Crippen LogP contribution >= 0.6 is 22.9 Å². The lowest BCUT2D eigenvalue weighted by Gasteiger charge is -2.16. The number of hydrogen-bond acceptors (Lipinski definition) is 2. The number of benzene rings is 1. The zero-order chi connectivity index (χ0) is 14.7. The van der Waals surface area contributed by atoms with Gasteiger partial charge in [0.1, 0.15) is 0 Å². The van der Waals surface area contributed by atoms with Gasteiger partial charge in [0.15, 0.2) is 0 Å². The minimum absolute atomic E-state index is 0.407. The average Bonchev–Trinajstić information content (AvgIpc) is 2.91. The number of halogens is 1. The molecule has 1 aliphatic rings. The molecule has 3 heteroatoms. The van der Waals surface area contributed by atoms with E-state index in [9.17, 15) is 0 Å². The first kappa shape index (κ1) is 15.1. The number of nitrogens with one attached hydrogen (secondary N) is 1. The molecule has 1 aromatic carbocycles. The standard InChI is InChI=1S/C18H22ClNS/c1-2-20-16(11-13-6-5-8-15(19)10-13)18-12-14-7-3-4-9-17(14)21-18/h5-6,8,10,12,16,20H,2-4,7,9,11H2,1H3. The van der Waals surface area contributed by atoms with Gasteiger partial charge in [-0.05, 0) is 68.0 Å². The van der Waals surface area contributed by atoms with Crippen molar-refractivity contribution in [2.24, 2.45) is 0 Å². The van der Waals surface area contributed by atoms with Crippen LogP contribution in [0.5, 0.6) is 0 Å². The van der Waals surface area contributed by atoms with Gasteiger partial charge in [0, 0.05) is 20.8 Å². The van der Waals surface area contributed by atoms with Crippen LogP contribution in [0, 0.1) is 0 Å². The SMILES string of the molecule is CCNC(Cc1cccc(Cl)c1)c1cc2c(s1)CCCC2. The van der Waals surface area contributed by atoms with E-state index < -0.39 is 0 Å². The average molecular weight is 320 g/mol. The van der Waals surface area contributed by atoms with Crippen LogP contribution in [0.4, 0.5) is 0 Å². The lowest BCUT2D eigenvalue weighted by atomic mass is 9.98. The molecule has 0 aliphatic heterocycles. The van der Waals surface area contributed by atoms with Crippen molar-refractivity contribution in [2.45, 2.75) is 45.1 Å². The molecule has 21 heavy (non-hydrogen) atoms. The van der Waals surface area contributed by atoms with Gasteiger partial charge in [-0.15, -0.1) is 11.3 Å². The highest BCUT2D eigenvalue weighted by atomic mass is 35.5. The van der Waals surface area contributed by atoms with E-state index >= 15 is 0 Å². The van der Waals surface area contributed by atoms with E-state index in [4.69, 9.17) is 11.6 Å². The third kappa shape index (κ3) is 3.68. The minimum atomic E-state index is 0.407. The van der Waals surface area contributed by atoms with Gasteiger partial charge in [-0.1, -0.05) is 30.7 Å². The maximum atomic E-state index is 6.12. The lowest BCUT2D eigenvalue weighted by molar-refractivity contribution is 0.558.